The van der Waals surface area contributed by atoms with E-state index in [1.165, 1.54) is 0 Å². The molecule has 1 atom stereocenters. The third-order valence-electron chi connectivity index (χ3n) is 6.57. The van der Waals surface area contributed by atoms with E-state index in [9.17, 15) is 4.79 Å². The van der Waals surface area contributed by atoms with Crippen molar-refractivity contribution in [2.75, 3.05) is 6.61 Å². The average Bonchev–Trinajstić information content (AvgIpc) is 3.42. The number of aryl methyl sites for hydroxylation is 3. The number of ether oxygens (including phenoxy) is 1. The third kappa shape index (κ3) is 3.15. The number of nitrogens with zero attached hydrogens (tertiary/aromatic N) is 5. The van der Waals surface area contributed by atoms with Gasteiger partial charge in [0.05, 0.1) is 29.4 Å². The molecule has 0 spiro atoms. The summed E-state index contributed by atoms with van der Waals surface area (Å²) >= 11 is 0. The van der Waals surface area contributed by atoms with Crippen LogP contribution in [0.15, 0.2) is 47.3 Å². The van der Waals surface area contributed by atoms with Gasteiger partial charge in [-0.15, -0.1) is 0 Å². The molecule has 0 saturated carbocycles. The lowest BCUT2D eigenvalue weighted by molar-refractivity contribution is 0.0955. The van der Waals surface area contributed by atoms with E-state index in [2.05, 4.69) is 32.0 Å². The lowest BCUT2D eigenvalue weighted by atomic mass is 10.1. The molecule has 33 heavy (non-hydrogen) atoms. The van der Waals surface area contributed by atoms with Crippen LogP contribution >= 0.6 is 0 Å². The van der Waals surface area contributed by atoms with Crippen molar-refractivity contribution in [1.82, 2.24) is 24.1 Å². The minimum absolute atomic E-state index is 0.0416. The summed E-state index contributed by atoms with van der Waals surface area (Å²) in [6, 6.07) is 14.0. The van der Waals surface area contributed by atoms with Gasteiger partial charge in [-0.1, -0.05) is 24.3 Å². The molecule has 1 aliphatic rings. The second kappa shape index (κ2) is 7.49. The summed E-state index contributed by atoms with van der Waals surface area (Å²) in [5.41, 5.74) is 6.46. The average molecular weight is 440 g/mol. The fraction of sp³-hybridized carbons (Fsp3) is 0.308. The second-order valence-corrected chi connectivity index (χ2v) is 8.92. The van der Waals surface area contributed by atoms with E-state index in [1.807, 2.05) is 35.8 Å². The van der Waals surface area contributed by atoms with E-state index in [-0.39, 0.29) is 11.7 Å². The molecule has 0 N–H and O–H groups in total. The summed E-state index contributed by atoms with van der Waals surface area (Å²) in [5, 5.41) is 0.507. The minimum atomic E-state index is -0.0911. The van der Waals surface area contributed by atoms with Crippen molar-refractivity contribution in [3.63, 3.8) is 0 Å². The maximum absolute atomic E-state index is 13.9. The van der Waals surface area contributed by atoms with E-state index in [0.717, 1.165) is 47.3 Å². The zero-order valence-electron chi connectivity index (χ0n) is 19.0. The number of hydrogen-bond acceptors (Lipinski definition) is 5. The van der Waals surface area contributed by atoms with Crippen molar-refractivity contribution in [2.45, 2.75) is 46.3 Å². The van der Waals surface area contributed by atoms with E-state index < -0.39 is 0 Å². The van der Waals surface area contributed by atoms with Gasteiger partial charge in [0.15, 0.2) is 11.3 Å². The van der Waals surface area contributed by atoms with Gasteiger partial charge in [0, 0.05) is 6.61 Å². The molecule has 4 heterocycles. The molecular formula is C26H25N5O2. The highest BCUT2D eigenvalue weighted by atomic mass is 16.5. The van der Waals surface area contributed by atoms with Crippen LogP contribution in [-0.2, 0) is 11.3 Å². The van der Waals surface area contributed by atoms with Crippen LogP contribution in [0.2, 0.25) is 0 Å². The number of aromatic nitrogens is 5. The predicted octanol–water partition coefficient (Wildman–Crippen LogP) is 4.39. The SMILES string of the molecule is Cc1ccc(C)c(-n2c3nc4ccccc4nc3c3c(=O)n(C[C@@H]4CCCO4)c(C)nc32)c1. The quantitative estimate of drug-likeness (QED) is 0.417. The Kier molecular flexibility index (Phi) is 4.55. The molecule has 3 aromatic heterocycles. The first kappa shape index (κ1) is 20.1. The van der Waals surface area contributed by atoms with Crippen LogP contribution in [0.1, 0.15) is 29.8 Å². The van der Waals surface area contributed by atoms with Gasteiger partial charge in [0.2, 0.25) is 0 Å². The molecule has 1 fully saturated rings. The van der Waals surface area contributed by atoms with Crippen molar-refractivity contribution < 1.29 is 4.74 Å². The molecule has 0 amide bonds. The van der Waals surface area contributed by atoms with Crippen LogP contribution in [0, 0.1) is 20.8 Å². The lowest BCUT2D eigenvalue weighted by Crippen LogP contribution is -2.29. The highest BCUT2D eigenvalue weighted by Crippen LogP contribution is 2.30. The van der Waals surface area contributed by atoms with Gasteiger partial charge in [0.25, 0.3) is 5.56 Å². The minimum Gasteiger partial charge on any atom is -0.376 e. The Bertz CT molecular complexity index is 1610. The van der Waals surface area contributed by atoms with Gasteiger partial charge in [-0.05, 0) is 62.9 Å². The Morgan fingerprint density at radius 1 is 1.00 bits per heavy atom. The van der Waals surface area contributed by atoms with E-state index in [0.29, 0.717) is 34.6 Å². The first-order chi connectivity index (χ1) is 16.0. The molecule has 0 radical (unpaired) electrons. The van der Waals surface area contributed by atoms with Crippen LogP contribution in [0.3, 0.4) is 0 Å². The van der Waals surface area contributed by atoms with Gasteiger partial charge >= 0.3 is 0 Å². The Morgan fingerprint density at radius 3 is 2.55 bits per heavy atom. The molecule has 166 valence electrons. The summed E-state index contributed by atoms with van der Waals surface area (Å²) in [6.07, 6.45) is 2.02. The van der Waals surface area contributed by atoms with Crippen molar-refractivity contribution in [3.05, 3.63) is 69.8 Å². The molecule has 0 unspecified atom stereocenters. The monoisotopic (exact) mass is 439 g/mol. The Hall–Kier alpha value is -3.58. The molecule has 7 nitrogen and oxygen atoms in total. The maximum atomic E-state index is 13.9. The van der Waals surface area contributed by atoms with Crippen LogP contribution in [0.5, 0.6) is 0 Å². The van der Waals surface area contributed by atoms with Crippen molar-refractivity contribution in [3.8, 4) is 5.69 Å². The fourth-order valence-corrected chi connectivity index (χ4v) is 4.83. The summed E-state index contributed by atoms with van der Waals surface area (Å²) in [7, 11) is 0. The number of hydrogen-bond donors (Lipinski definition) is 0. The standard InChI is InChI=1S/C26H25N5O2/c1-15-10-11-16(2)21(13-15)31-24-22(23-25(31)29-20-9-5-4-8-19(20)28-23)26(32)30(17(3)27-24)14-18-7-6-12-33-18/h4-5,8-11,13,18H,6-7,12,14H2,1-3H3/t18-/m0/s1. The van der Waals surface area contributed by atoms with Crippen LogP contribution < -0.4 is 5.56 Å². The van der Waals surface area contributed by atoms with Crippen molar-refractivity contribution in [2.24, 2.45) is 0 Å². The largest absolute Gasteiger partial charge is 0.376 e. The first-order valence-corrected chi connectivity index (χ1v) is 11.4. The lowest BCUT2D eigenvalue weighted by Gasteiger charge is -2.15. The highest BCUT2D eigenvalue weighted by Gasteiger charge is 2.25. The zero-order chi connectivity index (χ0) is 22.7. The predicted molar refractivity (Wildman–Crippen MR) is 129 cm³/mol. The topological polar surface area (TPSA) is 74.8 Å². The smallest absolute Gasteiger partial charge is 0.265 e. The molecule has 6 rings (SSSR count). The fourth-order valence-electron chi connectivity index (χ4n) is 4.83. The Labute approximate surface area is 190 Å². The third-order valence-corrected chi connectivity index (χ3v) is 6.57. The number of benzene rings is 2. The first-order valence-electron chi connectivity index (χ1n) is 11.4. The Morgan fingerprint density at radius 2 is 1.79 bits per heavy atom. The van der Waals surface area contributed by atoms with Crippen LogP contribution in [-0.4, -0.2) is 36.8 Å². The second-order valence-electron chi connectivity index (χ2n) is 8.92. The van der Waals surface area contributed by atoms with E-state index in [1.54, 1.807) is 4.57 Å². The van der Waals surface area contributed by atoms with Crippen LogP contribution in [0.25, 0.3) is 38.9 Å². The van der Waals surface area contributed by atoms with Crippen LogP contribution in [0.4, 0.5) is 0 Å². The molecule has 5 aromatic rings. The van der Waals surface area contributed by atoms with Crippen molar-refractivity contribution >= 4 is 33.2 Å². The molecule has 0 aliphatic carbocycles. The molecular weight excluding hydrogens is 414 g/mol. The Balaban J connectivity index is 1.75. The molecule has 1 aliphatic heterocycles. The van der Waals surface area contributed by atoms with Gasteiger partial charge in [-0.3, -0.25) is 13.9 Å². The normalized spacial score (nSPS) is 16.4. The van der Waals surface area contributed by atoms with Crippen molar-refractivity contribution in [1.29, 1.82) is 0 Å². The summed E-state index contributed by atoms with van der Waals surface area (Å²) in [5.74, 6) is 0.668. The summed E-state index contributed by atoms with van der Waals surface area (Å²) in [6.45, 7) is 7.26. The molecule has 2 aromatic carbocycles. The zero-order valence-corrected chi connectivity index (χ0v) is 19.0. The van der Waals surface area contributed by atoms with Gasteiger partial charge in [-0.2, -0.15) is 0 Å². The van der Waals surface area contributed by atoms with Gasteiger partial charge in [0.1, 0.15) is 16.7 Å². The van der Waals surface area contributed by atoms with E-state index >= 15 is 0 Å². The maximum Gasteiger partial charge on any atom is 0.265 e. The molecule has 7 heteroatoms. The highest BCUT2D eigenvalue weighted by molar-refractivity contribution is 6.06. The number of para-hydroxylation sites is 2. The van der Waals surface area contributed by atoms with E-state index in [4.69, 9.17) is 19.7 Å². The summed E-state index contributed by atoms with van der Waals surface area (Å²) in [4.78, 5) is 28.7. The summed E-state index contributed by atoms with van der Waals surface area (Å²) < 4.78 is 9.54. The molecule has 0 bridgehead atoms. The van der Waals surface area contributed by atoms with Gasteiger partial charge < -0.3 is 4.74 Å². The molecule has 1 saturated heterocycles. The van der Waals surface area contributed by atoms with Gasteiger partial charge in [-0.25, -0.2) is 15.0 Å². The number of rotatable bonds is 3. The number of fused-ring (bicyclic) bond motifs is 4.